The van der Waals surface area contributed by atoms with Crippen LogP contribution in [0.4, 0.5) is 13.2 Å². The number of nitrogens with zero attached hydrogens (tertiary/aromatic N) is 1. The average molecular weight is 280 g/mol. The number of halogens is 3. The number of esters is 1. The molecule has 0 bridgehead atoms. The predicted octanol–water partition coefficient (Wildman–Crippen LogP) is 3.06. The fraction of sp³-hybridized carbons (Fsp3) is 0.923. The second kappa shape index (κ2) is 7.72. The van der Waals surface area contributed by atoms with Crippen molar-refractivity contribution in [3.63, 3.8) is 0 Å². The predicted molar refractivity (Wildman–Crippen MR) is 64.7 cm³/mol. The Balaban J connectivity index is 2.22. The fourth-order valence-electron chi connectivity index (χ4n) is 2.32. The molecule has 2 unspecified atom stereocenters. The highest BCUT2D eigenvalue weighted by molar-refractivity contribution is 5.72. The number of ether oxygens (including phenoxy) is 1. The number of hydrogen-bond donors (Lipinski definition) is 0. The van der Waals surface area contributed by atoms with Gasteiger partial charge in [-0.3, -0.25) is 4.79 Å². The smallest absolute Gasteiger partial charge is 0.389 e. The topological polar surface area (TPSA) is 40.4 Å². The molecule has 3 nitrogen and oxygen atoms in total. The standard InChI is InChI=1S/C13H21F3NO2/c1-2-19-12(18)10-6-8-17-11(9-10)5-3-4-7-13(14,15)16/h10-11H,2-9H2,1H3. The normalized spacial score (nSPS) is 24.2. The minimum absolute atomic E-state index is 0.0105. The summed E-state index contributed by atoms with van der Waals surface area (Å²) in [6.45, 7) is 2.73. The maximum absolute atomic E-state index is 12.0. The summed E-state index contributed by atoms with van der Waals surface area (Å²) >= 11 is 0. The summed E-state index contributed by atoms with van der Waals surface area (Å²) in [7, 11) is 0. The number of alkyl halides is 3. The first kappa shape index (κ1) is 16.3. The Labute approximate surface area is 111 Å². The van der Waals surface area contributed by atoms with Gasteiger partial charge in [0.1, 0.15) is 0 Å². The van der Waals surface area contributed by atoms with Crippen molar-refractivity contribution in [3.05, 3.63) is 0 Å². The molecule has 111 valence electrons. The van der Waals surface area contributed by atoms with Gasteiger partial charge in [0.15, 0.2) is 0 Å². The second-order valence-corrected chi connectivity index (χ2v) is 4.89. The summed E-state index contributed by atoms with van der Waals surface area (Å²) in [6.07, 6.45) is -2.23. The summed E-state index contributed by atoms with van der Waals surface area (Å²) in [5, 5.41) is 4.37. The largest absolute Gasteiger partial charge is 0.466 e. The molecule has 6 heteroatoms. The molecule has 2 atom stereocenters. The zero-order valence-electron chi connectivity index (χ0n) is 11.2. The van der Waals surface area contributed by atoms with E-state index in [4.69, 9.17) is 4.74 Å². The van der Waals surface area contributed by atoms with Crippen LogP contribution < -0.4 is 5.32 Å². The third-order valence-electron chi connectivity index (χ3n) is 3.29. The van der Waals surface area contributed by atoms with E-state index in [0.717, 1.165) is 0 Å². The molecule has 0 amide bonds. The zero-order valence-corrected chi connectivity index (χ0v) is 11.2. The summed E-state index contributed by atoms with van der Waals surface area (Å²) in [4.78, 5) is 11.6. The van der Waals surface area contributed by atoms with Crippen LogP contribution in [0.15, 0.2) is 0 Å². The van der Waals surface area contributed by atoms with Crippen LogP contribution in [0.1, 0.15) is 45.4 Å². The lowest BCUT2D eigenvalue weighted by Crippen LogP contribution is -2.36. The van der Waals surface area contributed by atoms with Gasteiger partial charge in [0, 0.05) is 19.0 Å². The minimum atomic E-state index is -4.07. The molecule has 0 saturated carbocycles. The first-order valence-corrected chi connectivity index (χ1v) is 6.82. The van der Waals surface area contributed by atoms with E-state index in [1.54, 1.807) is 6.92 Å². The number of unbranched alkanes of at least 4 members (excludes halogenated alkanes) is 1. The van der Waals surface area contributed by atoms with Crippen LogP contribution in [0.5, 0.6) is 0 Å². The van der Waals surface area contributed by atoms with Crippen LogP contribution in [-0.4, -0.2) is 31.3 Å². The first-order chi connectivity index (χ1) is 8.92. The Morgan fingerprint density at radius 3 is 2.74 bits per heavy atom. The van der Waals surface area contributed by atoms with Crippen molar-refractivity contribution in [2.75, 3.05) is 13.2 Å². The van der Waals surface area contributed by atoms with Gasteiger partial charge < -0.3 is 4.74 Å². The molecule has 0 spiro atoms. The molecule has 1 rings (SSSR count). The van der Waals surface area contributed by atoms with Gasteiger partial charge in [0.2, 0.25) is 0 Å². The molecule has 0 aromatic rings. The van der Waals surface area contributed by atoms with Gasteiger partial charge in [-0.2, -0.15) is 13.2 Å². The molecule has 1 saturated heterocycles. The van der Waals surface area contributed by atoms with Crippen molar-refractivity contribution in [1.82, 2.24) is 5.32 Å². The molecule has 0 aromatic carbocycles. The molecule has 0 aliphatic carbocycles. The molecule has 0 N–H and O–H groups in total. The molecule has 1 fully saturated rings. The van der Waals surface area contributed by atoms with E-state index in [-0.39, 0.29) is 24.3 Å². The maximum Gasteiger partial charge on any atom is 0.389 e. The molecule has 1 heterocycles. The first-order valence-electron chi connectivity index (χ1n) is 6.82. The van der Waals surface area contributed by atoms with Crippen LogP contribution in [0.3, 0.4) is 0 Å². The SMILES string of the molecule is CCOC(=O)C1CC[N]C(CCCCC(F)(F)F)C1. The number of carbonyl (C=O) groups excluding carboxylic acids is 1. The van der Waals surface area contributed by atoms with Gasteiger partial charge in [0.05, 0.1) is 12.5 Å². The minimum Gasteiger partial charge on any atom is -0.466 e. The molecule has 1 aliphatic rings. The highest BCUT2D eigenvalue weighted by Gasteiger charge is 2.29. The van der Waals surface area contributed by atoms with Crippen LogP contribution >= 0.6 is 0 Å². The maximum atomic E-state index is 12.0. The van der Waals surface area contributed by atoms with E-state index >= 15 is 0 Å². The summed E-state index contributed by atoms with van der Waals surface area (Å²) in [5.41, 5.74) is 0. The van der Waals surface area contributed by atoms with Gasteiger partial charge in [-0.25, -0.2) is 5.32 Å². The number of hydrogen-bond acceptors (Lipinski definition) is 2. The van der Waals surface area contributed by atoms with Crippen LogP contribution in [-0.2, 0) is 9.53 Å². The van der Waals surface area contributed by atoms with Crippen molar-refractivity contribution in [3.8, 4) is 0 Å². The van der Waals surface area contributed by atoms with E-state index in [2.05, 4.69) is 5.32 Å². The Morgan fingerprint density at radius 1 is 1.37 bits per heavy atom. The van der Waals surface area contributed by atoms with E-state index in [0.29, 0.717) is 38.8 Å². The highest BCUT2D eigenvalue weighted by atomic mass is 19.4. The van der Waals surface area contributed by atoms with Crippen LogP contribution in [0.2, 0.25) is 0 Å². The van der Waals surface area contributed by atoms with E-state index in [9.17, 15) is 18.0 Å². The number of carbonyl (C=O) groups is 1. The van der Waals surface area contributed by atoms with E-state index < -0.39 is 12.6 Å². The average Bonchev–Trinajstić information content (AvgIpc) is 2.34. The fourth-order valence-corrected chi connectivity index (χ4v) is 2.32. The Morgan fingerprint density at radius 2 is 2.11 bits per heavy atom. The number of piperidine rings is 1. The van der Waals surface area contributed by atoms with Crippen molar-refractivity contribution >= 4 is 5.97 Å². The summed E-state index contributed by atoms with van der Waals surface area (Å²) in [5.74, 6) is -0.331. The molecule has 1 radical (unpaired) electrons. The number of rotatable bonds is 6. The molecular weight excluding hydrogens is 259 g/mol. The van der Waals surface area contributed by atoms with Crippen LogP contribution in [0, 0.1) is 5.92 Å². The van der Waals surface area contributed by atoms with Gasteiger partial charge in [-0.1, -0.05) is 6.42 Å². The van der Waals surface area contributed by atoms with Gasteiger partial charge in [-0.05, 0) is 32.6 Å². The van der Waals surface area contributed by atoms with Crippen molar-refractivity contribution in [2.24, 2.45) is 5.92 Å². The molecule has 19 heavy (non-hydrogen) atoms. The lowest BCUT2D eigenvalue weighted by molar-refractivity contribution is -0.149. The summed E-state index contributed by atoms with van der Waals surface area (Å²) < 4.78 is 40.9. The van der Waals surface area contributed by atoms with Crippen LogP contribution in [0.25, 0.3) is 0 Å². The van der Waals surface area contributed by atoms with Gasteiger partial charge >= 0.3 is 12.1 Å². The third kappa shape index (κ3) is 6.80. The quantitative estimate of drug-likeness (QED) is 0.554. The Kier molecular flexibility index (Phi) is 6.62. The molecule has 1 aliphatic heterocycles. The molecular formula is C13H21F3NO2. The highest BCUT2D eigenvalue weighted by Crippen LogP contribution is 2.25. The molecule has 0 aromatic heterocycles. The van der Waals surface area contributed by atoms with Crippen molar-refractivity contribution in [2.45, 2.75) is 57.7 Å². The Hall–Kier alpha value is -0.780. The van der Waals surface area contributed by atoms with Crippen molar-refractivity contribution in [1.29, 1.82) is 0 Å². The zero-order chi connectivity index (χ0) is 14.3. The lowest BCUT2D eigenvalue weighted by Gasteiger charge is -2.27. The Bertz CT molecular complexity index is 282. The van der Waals surface area contributed by atoms with E-state index in [1.165, 1.54) is 0 Å². The third-order valence-corrected chi connectivity index (χ3v) is 3.29. The monoisotopic (exact) mass is 280 g/mol. The van der Waals surface area contributed by atoms with E-state index in [1.807, 2.05) is 0 Å². The second-order valence-electron chi connectivity index (χ2n) is 4.89. The van der Waals surface area contributed by atoms with Crippen molar-refractivity contribution < 1.29 is 22.7 Å². The van der Waals surface area contributed by atoms with Gasteiger partial charge in [-0.15, -0.1) is 0 Å². The van der Waals surface area contributed by atoms with Gasteiger partial charge in [0.25, 0.3) is 0 Å². The lowest BCUT2D eigenvalue weighted by atomic mass is 9.90. The summed E-state index contributed by atoms with van der Waals surface area (Å²) in [6, 6.07) is 0.0105.